The highest BCUT2D eigenvalue weighted by molar-refractivity contribution is 5.66. The minimum absolute atomic E-state index is 0.164. The molecule has 0 amide bonds. The second-order valence-electron chi connectivity index (χ2n) is 4.19. The Morgan fingerprint density at radius 1 is 1.40 bits per heavy atom. The third-order valence-corrected chi connectivity index (χ3v) is 3.18. The van der Waals surface area contributed by atoms with E-state index in [0.29, 0.717) is 6.54 Å². The van der Waals surface area contributed by atoms with Crippen molar-refractivity contribution in [1.29, 1.82) is 0 Å². The molecule has 4 heteroatoms. The van der Waals surface area contributed by atoms with Crippen molar-refractivity contribution in [1.82, 2.24) is 4.90 Å². The lowest BCUT2D eigenvalue weighted by Crippen LogP contribution is -2.46. The topological polar surface area (TPSA) is 60.8 Å². The lowest BCUT2D eigenvalue weighted by atomic mass is 9.91. The fraction of sp³-hybridized carbons (Fsp3) is 0.909. The maximum atomic E-state index is 10.5. The van der Waals surface area contributed by atoms with Gasteiger partial charge in [-0.25, -0.2) is 0 Å². The molecule has 0 aromatic carbocycles. The molecule has 88 valence electrons. The van der Waals surface area contributed by atoms with Crippen molar-refractivity contribution in [3.63, 3.8) is 0 Å². The van der Waals surface area contributed by atoms with E-state index in [1.807, 2.05) is 6.92 Å². The molecule has 0 spiro atoms. The maximum Gasteiger partial charge on any atom is 0.304 e. The highest BCUT2D eigenvalue weighted by atomic mass is 16.4. The first-order valence-electron chi connectivity index (χ1n) is 5.79. The summed E-state index contributed by atoms with van der Waals surface area (Å²) in [5, 5.41) is 18.5. The largest absolute Gasteiger partial charge is 0.481 e. The van der Waals surface area contributed by atoms with Gasteiger partial charge in [-0.3, -0.25) is 9.69 Å². The van der Waals surface area contributed by atoms with Gasteiger partial charge < -0.3 is 10.2 Å². The molecule has 0 aromatic heterocycles. The summed E-state index contributed by atoms with van der Waals surface area (Å²) in [4.78, 5) is 12.6. The van der Waals surface area contributed by atoms with Crippen LogP contribution in [-0.4, -0.2) is 46.3 Å². The Kier molecular flexibility index (Phi) is 5.05. The van der Waals surface area contributed by atoms with Gasteiger partial charge >= 0.3 is 5.97 Å². The van der Waals surface area contributed by atoms with Crippen LogP contribution in [0.5, 0.6) is 0 Å². The molecule has 4 nitrogen and oxygen atoms in total. The van der Waals surface area contributed by atoms with Crippen molar-refractivity contribution in [2.75, 3.05) is 13.1 Å². The van der Waals surface area contributed by atoms with Gasteiger partial charge in [0.1, 0.15) is 0 Å². The van der Waals surface area contributed by atoms with Crippen LogP contribution in [0.2, 0.25) is 0 Å². The molecule has 0 bridgehead atoms. The fourth-order valence-corrected chi connectivity index (χ4v) is 2.32. The number of rotatable bonds is 5. The quantitative estimate of drug-likeness (QED) is 0.720. The van der Waals surface area contributed by atoms with Crippen LogP contribution in [0.3, 0.4) is 0 Å². The maximum absolute atomic E-state index is 10.5. The van der Waals surface area contributed by atoms with E-state index in [0.717, 1.165) is 32.2 Å². The van der Waals surface area contributed by atoms with Crippen LogP contribution in [0.25, 0.3) is 0 Å². The van der Waals surface area contributed by atoms with Crippen molar-refractivity contribution >= 4 is 5.97 Å². The number of aliphatic hydroxyl groups is 1. The number of hydrogen-bond acceptors (Lipinski definition) is 3. The average molecular weight is 215 g/mol. The summed E-state index contributed by atoms with van der Waals surface area (Å²) in [5.41, 5.74) is 0. The van der Waals surface area contributed by atoms with E-state index in [9.17, 15) is 9.90 Å². The highest BCUT2D eigenvalue weighted by Crippen LogP contribution is 2.23. The monoisotopic (exact) mass is 215 g/mol. The summed E-state index contributed by atoms with van der Waals surface area (Å²) in [6.45, 7) is 3.38. The molecule has 2 atom stereocenters. The molecule has 0 aromatic rings. The third-order valence-electron chi connectivity index (χ3n) is 3.18. The first-order chi connectivity index (χ1) is 7.15. The average Bonchev–Trinajstić information content (AvgIpc) is 2.21. The van der Waals surface area contributed by atoms with Gasteiger partial charge in [0.25, 0.3) is 0 Å². The molecule has 0 radical (unpaired) electrons. The van der Waals surface area contributed by atoms with Gasteiger partial charge in [-0.05, 0) is 19.4 Å². The predicted octanol–water partition coefficient (Wildman–Crippen LogP) is 1.09. The molecule has 1 aliphatic carbocycles. The van der Waals surface area contributed by atoms with Crippen LogP contribution in [0, 0.1) is 0 Å². The summed E-state index contributed by atoms with van der Waals surface area (Å²) in [7, 11) is 0. The summed E-state index contributed by atoms with van der Waals surface area (Å²) in [6, 6.07) is 0.170. The van der Waals surface area contributed by atoms with Crippen LogP contribution < -0.4 is 0 Å². The Morgan fingerprint density at radius 2 is 2.07 bits per heavy atom. The minimum atomic E-state index is -0.765. The predicted molar refractivity (Wildman–Crippen MR) is 57.8 cm³/mol. The SMILES string of the molecule is CCN(CCC(=O)O)C1CCCCC1O. The fourth-order valence-electron chi connectivity index (χ4n) is 2.32. The highest BCUT2D eigenvalue weighted by Gasteiger charge is 2.27. The number of carboxylic acid groups (broad SMARTS) is 1. The van der Waals surface area contributed by atoms with Gasteiger partial charge in [0.15, 0.2) is 0 Å². The van der Waals surface area contributed by atoms with Crippen molar-refractivity contribution in [3.8, 4) is 0 Å². The second-order valence-corrected chi connectivity index (χ2v) is 4.19. The summed E-state index contributed by atoms with van der Waals surface area (Å²) in [6.07, 6.45) is 3.98. The van der Waals surface area contributed by atoms with Crippen molar-refractivity contribution in [2.45, 2.75) is 51.2 Å². The zero-order chi connectivity index (χ0) is 11.3. The van der Waals surface area contributed by atoms with Crippen molar-refractivity contribution in [3.05, 3.63) is 0 Å². The molecular weight excluding hydrogens is 194 g/mol. The van der Waals surface area contributed by atoms with Gasteiger partial charge in [0, 0.05) is 12.6 Å². The van der Waals surface area contributed by atoms with Gasteiger partial charge in [0.05, 0.1) is 12.5 Å². The van der Waals surface area contributed by atoms with E-state index < -0.39 is 5.97 Å². The molecule has 0 aliphatic heterocycles. The zero-order valence-electron chi connectivity index (χ0n) is 9.35. The number of nitrogens with zero attached hydrogens (tertiary/aromatic N) is 1. The van der Waals surface area contributed by atoms with Gasteiger partial charge in [-0.15, -0.1) is 0 Å². The Balaban J connectivity index is 2.44. The molecule has 1 rings (SSSR count). The van der Waals surface area contributed by atoms with Crippen LogP contribution in [0.1, 0.15) is 39.0 Å². The van der Waals surface area contributed by atoms with Gasteiger partial charge in [-0.2, -0.15) is 0 Å². The van der Waals surface area contributed by atoms with E-state index in [4.69, 9.17) is 5.11 Å². The van der Waals surface area contributed by atoms with E-state index in [1.54, 1.807) is 0 Å². The molecule has 0 saturated heterocycles. The smallest absolute Gasteiger partial charge is 0.304 e. The van der Waals surface area contributed by atoms with Gasteiger partial charge in [-0.1, -0.05) is 19.8 Å². The van der Waals surface area contributed by atoms with Gasteiger partial charge in [0.2, 0.25) is 0 Å². The second kappa shape index (κ2) is 6.08. The molecule has 1 saturated carbocycles. The van der Waals surface area contributed by atoms with Crippen LogP contribution in [-0.2, 0) is 4.79 Å². The Morgan fingerprint density at radius 3 is 2.60 bits per heavy atom. The lowest BCUT2D eigenvalue weighted by Gasteiger charge is -2.36. The number of carboxylic acids is 1. The number of aliphatic hydroxyl groups excluding tert-OH is 1. The summed E-state index contributed by atoms with van der Waals surface area (Å²) >= 11 is 0. The minimum Gasteiger partial charge on any atom is -0.481 e. The first-order valence-corrected chi connectivity index (χ1v) is 5.79. The van der Waals surface area contributed by atoms with E-state index in [2.05, 4.69) is 4.90 Å². The van der Waals surface area contributed by atoms with Crippen molar-refractivity contribution < 1.29 is 15.0 Å². The third kappa shape index (κ3) is 3.80. The molecule has 2 unspecified atom stereocenters. The van der Waals surface area contributed by atoms with Crippen LogP contribution in [0.15, 0.2) is 0 Å². The van der Waals surface area contributed by atoms with E-state index in [-0.39, 0.29) is 18.6 Å². The van der Waals surface area contributed by atoms with Crippen LogP contribution in [0.4, 0.5) is 0 Å². The zero-order valence-corrected chi connectivity index (χ0v) is 9.35. The van der Waals surface area contributed by atoms with Crippen LogP contribution >= 0.6 is 0 Å². The van der Waals surface area contributed by atoms with Crippen molar-refractivity contribution in [2.24, 2.45) is 0 Å². The molecule has 0 heterocycles. The number of hydrogen-bond donors (Lipinski definition) is 2. The Labute approximate surface area is 90.9 Å². The first kappa shape index (κ1) is 12.5. The van der Waals surface area contributed by atoms with E-state index >= 15 is 0 Å². The number of carbonyl (C=O) groups is 1. The molecular formula is C11H21NO3. The molecule has 1 fully saturated rings. The number of likely N-dealkylation sites (N-methyl/N-ethyl adjacent to an activating group) is 1. The molecule has 2 N–H and O–H groups in total. The Hall–Kier alpha value is -0.610. The lowest BCUT2D eigenvalue weighted by molar-refractivity contribution is -0.137. The Bertz CT molecular complexity index is 208. The summed E-state index contributed by atoms with van der Waals surface area (Å²) < 4.78 is 0. The molecule has 15 heavy (non-hydrogen) atoms. The molecule has 1 aliphatic rings. The number of aliphatic carboxylic acids is 1. The van der Waals surface area contributed by atoms with E-state index in [1.165, 1.54) is 0 Å². The summed E-state index contributed by atoms with van der Waals surface area (Å²) in [5.74, 6) is -0.765. The normalized spacial score (nSPS) is 26.9. The standard InChI is InChI=1S/C11H21NO3/c1-2-12(8-7-11(14)15)9-5-3-4-6-10(9)13/h9-10,13H,2-8H2,1H3,(H,14,15).